The molecule has 0 saturated carbocycles. The zero-order chi connectivity index (χ0) is 20.8. The van der Waals surface area contributed by atoms with Crippen molar-refractivity contribution in [1.29, 1.82) is 0 Å². The maximum absolute atomic E-state index is 5.75. The zero-order valence-electron chi connectivity index (χ0n) is 18.2. The van der Waals surface area contributed by atoms with Gasteiger partial charge in [0.15, 0.2) is 5.69 Å². The summed E-state index contributed by atoms with van der Waals surface area (Å²) in [4.78, 5) is 4.72. The van der Waals surface area contributed by atoms with Crippen molar-refractivity contribution in [2.45, 2.75) is 66.8 Å². The summed E-state index contributed by atoms with van der Waals surface area (Å²) in [7, 11) is 0. The van der Waals surface area contributed by atoms with Gasteiger partial charge >= 0.3 is 0 Å². The molecule has 6 nitrogen and oxygen atoms in total. The quantitative estimate of drug-likeness (QED) is 0.700. The van der Waals surface area contributed by atoms with Crippen LogP contribution in [0.4, 0.5) is 0 Å². The maximum Gasteiger partial charge on any atom is 0.279 e. The number of rotatable bonds is 5. The van der Waals surface area contributed by atoms with Crippen LogP contribution < -0.4 is 5.73 Å². The first-order valence-electron chi connectivity index (χ1n) is 10.6. The fraction of sp³-hybridized carbons (Fsp3) is 0.522. The van der Waals surface area contributed by atoms with Gasteiger partial charge in [-0.05, 0) is 87.2 Å². The SMILES string of the molecule is CCn1nc(-c2nc(-c3cc(C)c(CCN)c(C)c3)no2)c2c1CC(C)(C)CC2. The zero-order valence-corrected chi connectivity index (χ0v) is 18.2. The van der Waals surface area contributed by atoms with Gasteiger partial charge in [0.2, 0.25) is 5.82 Å². The summed E-state index contributed by atoms with van der Waals surface area (Å²) in [6.07, 6.45) is 4.06. The van der Waals surface area contributed by atoms with E-state index in [4.69, 9.17) is 20.3 Å². The van der Waals surface area contributed by atoms with Crippen LogP contribution >= 0.6 is 0 Å². The van der Waals surface area contributed by atoms with E-state index in [-0.39, 0.29) is 0 Å². The van der Waals surface area contributed by atoms with E-state index in [9.17, 15) is 0 Å². The number of nitrogens with two attached hydrogens (primary N) is 1. The van der Waals surface area contributed by atoms with E-state index in [1.807, 2.05) is 0 Å². The smallest absolute Gasteiger partial charge is 0.279 e. The second kappa shape index (κ2) is 7.41. The molecule has 0 bridgehead atoms. The van der Waals surface area contributed by atoms with Gasteiger partial charge in [0.05, 0.1) is 0 Å². The number of aromatic nitrogens is 4. The molecule has 3 aromatic rings. The van der Waals surface area contributed by atoms with Crippen LogP contribution in [0.15, 0.2) is 16.7 Å². The lowest BCUT2D eigenvalue weighted by atomic mass is 9.76. The minimum Gasteiger partial charge on any atom is -0.332 e. The van der Waals surface area contributed by atoms with Crippen molar-refractivity contribution in [2.75, 3.05) is 6.54 Å². The van der Waals surface area contributed by atoms with Crippen LogP contribution in [0.3, 0.4) is 0 Å². The van der Waals surface area contributed by atoms with Gasteiger partial charge in [0, 0.05) is 23.4 Å². The Hall–Kier alpha value is -2.47. The third-order valence-electron chi connectivity index (χ3n) is 6.14. The second-order valence-electron chi connectivity index (χ2n) is 8.98. The van der Waals surface area contributed by atoms with Crippen molar-refractivity contribution >= 4 is 0 Å². The average Bonchev–Trinajstić information content (AvgIpc) is 3.28. The molecule has 0 radical (unpaired) electrons. The third-order valence-corrected chi connectivity index (χ3v) is 6.14. The van der Waals surface area contributed by atoms with Crippen molar-refractivity contribution < 1.29 is 4.52 Å². The van der Waals surface area contributed by atoms with E-state index in [1.54, 1.807) is 0 Å². The molecule has 0 aliphatic heterocycles. The van der Waals surface area contributed by atoms with Crippen LogP contribution in [0, 0.1) is 19.3 Å². The van der Waals surface area contributed by atoms with Gasteiger partial charge in [0.25, 0.3) is 5.89 Å². The highest BCUT2D eigenvalue weighted by atomic mass is 16.5. The summed E-state index contributed by atoms with van der Waals surface area (Å²) in [6.45, 7) is 12.5. The second-order valence-corrected chi connectivity index (χ2v) is 8.98. The molecule has 0 atom stereocenters. The molecule has 1 aliphatic carbocycles. The van der Waals surface area contributed by atoms with Crippen LogP contribution in [-0.2, 0) is 25.8 Å². The largest absolute Gasteiger partial charge is 0.332 e. The first-order chi connectivity index (χ1) is 13.8. The molecule has 0 spiro atoms. The van der Waals surface area contributed by atoms with Gasteiger partial charge < -0.3 is 10.3 Å². The fourth-order valence-electron chi connectivity index (χ4n) is 4.53. The lowest BCUT2D eigenvalue weighted by molar-refractivity contribution is 0.304. The summed E-state index contributed by atoms with van der Waals surface area (Å²) in [5.74, 6) is 1.13. The Kier molecular flexibility index (Phi) is 5.07. The van der Waals surface area contributed by atoms with Crippen LogP contribution in [0.5, 0.6) is 0 Å². The Labute approximate surface area is 172 Å². The van der Waals surface area contributed by atoms with Gasteiger partial charge in [-0.3, -0.25) is 4.68 Å². The van der Waals surface area contributed by atoms with Crippen LogP contribution in [-0.4, -0.2) is 26.5 Å². The van der Waals surface area contributed by atoms with Crippen LogP contribution in [0.25, 0.3) is 23.0 Å². The number of aryl methyl sites for hydroxylation is 3. The van der Waals surface area contributed by atoms with E-state index >= 15 is 0 Å². The molecule has 6 heteroatoms. The Morgan fingerprint density at radius 2 is 1.93 bits per heavy atom. The van der Waals surface area contributed by atoms with Crippen molar-refractivity contribution in [3.63, 3.8) is 0 Å². The number of benzene rings is 1. The molecular weight excluding hydrogens is 362 g/mol. The normalized spacial score (nSPS) is 15.5. The van der Waals surface area contributed by atoms with E-state index in [0.29, 0.717) is 23.7 Å². The monoisotopic (exact) mass is 393 g/mol. The van der Waals surface area contributed by atoms with E-state index in [1.165, 1.54) is 27.9 Å². The Balaban J connectivity index is 1.72. The summed E-state index contributed by atoms with van der Waals surface area (Å²) >= 11 is 0. The predicted octanol–water partition coefficient (Wildman–Crippen LogP) is 4.25. The minimum atomic E-state index is 0.303. The van der Waals surface area contributed by atoms with Gasteiger partial charge in [-0.2, -0.15) is 10.1 Å². The topological polar surface area (TPSA) is 82.8 Å². The molecule has 4 rings (SSSR count). The number of hydrogen-bond donors (Lipinski definition) is 1. The molecule has 2 N–H and O–H groups in total. The molecule has 1 aromatic carbocycles. The van der Waals surface area contributed by atoms with Crippen LogP contribution in [0.1, 0.15) is 55.1 Å². The Morgan fingerprint density at radius 1 is 1.21 bits per heavy atom. The molecule has 1 aliphatic rings. The van der Waals surface area contributed by atoms with Gasteiger partial charge in [-0.15, -0.1) is 0 Å². The molecule has 29 heavy (non-hydrogen) atoms. The number of hydrogen-bond acceptors (Lipinski definition) is 5. The van der Waals surface area contributed by atoms with Gasteiger partial charge in [0.1, 0.15) is 0 Å². The molecule has 2 aromatic heterocycles. The highest BCUT2D eigenvalue weighted by Crippen LogP contribution is 2.39. The van der Waals surface area contributed by atoms with Crippen molar-refractivity contribution in [2.24, 2.45) is 11.1 Å². The van der Waals surface area contributed by atoms with Crippen molar-refractivity contribution in [1.82, 2.24) is 19.9 Å². The average molecular weight is 394 g/mol. The molecule has 0 unspecified atom stereocenters. The summed E-state index contributed by atoms with van der Waals surface area (Å²) < 4.78 is 7.78. The first-order valence-corrected chi connectivity index (χ1v) is 10.6. The Bertz CT molecular complexity index is 1020. The highest BCUT2D eigenvalue weighted by Gasteiger charge is 2.32. The molecule has 0 fully saturated rings. The highest BCUT2D eigenvalue weighted by molar-refractivity contribution is 5.63. The molecule has 0 amide bonds. The van der Waals surface area contributed by atoms with Crippen LogP contribution in [0.2, 0.25) is 0 Å². The fourth-order valence-corrected chi connectivity index (χ4v) is 4.53. The van der Waals surface area contributed by atoms with Gasteiger partial charge in [-0.1, -0.05) is 19.0 Å². The lowest BCUT2D eigenvalue weighted by Crippen LogP contribution is -2.24. The first kappa shape index (κ1) is 19.8. The summed E-state index contributed by atoms with van der Waals surface area (Å²) in [5.41, 5.74) is 14.2. The molecular formula is C23H31N5O. The molecule has 0 saturated heterocycles. The maximum atomic E-state index is 5.75. The van der Waals surface area contributed by atoms with E-state index < -0.39 is 0 Å². The lowest BCUT2D eigenvalue weighted by Gasteiger charge is -2.30. The molecule has 154 valence electrons. The van der Waals surface area contributed by atoms with Crippen molar-refractivity contribution in [3.05, 3.63) is 40.1 Å². The summed E-state index contributed by atoms with van der Waals surface area (Å²) in [6, 6.07) is 4.24. The van der Waals surface area contributed by atoms with E-state index in [0.717, 1.165) is 43.5 Å². The summed E-state index contributed by atoms with van der Waals surface area (Å²) in [5, 5.41) is 9.11. The van der Waals surface area contributed by atoms with E-state index in [2.05, 4.69) is 56.6 Å². The third kappa shape index (κ3) is 3.62. The number of fused-ring (bicyclic) bond motifs is 1. The standard InChI is InChI=1S/C23H31N5O/c1-6-28-19-13-23(4,5)9-7-18(19)20(26-28)22-25-21(27-29-22)16-11-14(2)17(8-10-24)15(3)12-16/h11-12H,6-10,13,24H2,1-5H3. The number of nitrogens with zero attached hydrogens (tertiary/aromatic N) is 4. The minimum absolute atomic E-state index is 0.303. The van der Waals surface area contributed by atoms with Crippen molar-refractivity contribution in [3.8, 4) is 23.0 Å². The predicted molar refractivity (Wildman–Crippen MR) is 115 cm³/mol. The Morgan fingerprint density at radius 3 is 2.59 bits per heavy atom. The molecule has 2 heterocycles. The van der Waals surface area contributed by atoms with Gasteiger partial charge in [-0.25, -0.2) is 0 Å².